The second-order valence-corrected chi connectivity index (χ2v) is 14.0. The van der Waals surface area contributed by atoms with Crippen molar-refractivity contribution in [2.75, 3.05) is 0 Å². The minimum atomic E-state index is -0.429. The molecule has 4 aliphatic rings. The van der Waals surface area contributed by atoms with Crippen LogP contribution in [0.3, 0.4) is 0 Å². The Morgan fingerprint density at radius 3 is 2.19 bits per heavy atom. The molecule has 4 aliphatic carbocycles. The summed E-state index contributed by atoms with van der Waals surface area (Å²) in [5, 5.41) is 0. The molecule has 3 nitrogen and oxygen atoms in total. The van der Waals surface area contributed by atoms with Crippen molar-refractivity contribution in [3.63, 3.8) is 0 Å². The molecule has 2 bridgehead atoms. The minimum Gasteiger partial charge on any atom is -0.460 e. The van der Waals surface area contributed by atoms with E-state index in [2.05, 4.69) is 41.2 Å². The Hall–Kier alpha value is -0.830. The molecular weight excluding hydrogens is 384 g/mol. The van der Waals surface area contributed by atoms with E-state index in [0.29, 0.717) is 17.3 Å². The molecule has 4 rings (SSSR count). The highest BCUT2D eigenvalue weighted by atomic mass is 16.6. The summed E-state index contributed by atoms with van der Waals surface area (Å²) in [4.78, 5) is 13.5. The van der Waals surface area contributed by atoms with E-state index < -0.39 is 5.60 Å². The van der Waals surface area contributed by atoms with Crippen molar-refractivity contribution in [2.45, 2.75) is 130 Å². The fraction of sp³-hybridized carbons (Fsp3) is 0.893. The van der Waals surface area contributed by atoms with E-state index in [4.69, 9.17) is 9.47 Å². The Kier molecular flexibility index (Phi) is 5.15. The van der Waals surface area contributed by atoms with Crippen molar-refractivity contribution >= 4 is 5.97 Å². The molecule has 0 aromatic carbocycles. The summed E-state index contributed by atoms with van der Waals surface area (Å²) >= 11 is 0. The van der Waals surface area contributed by atoms with Gasteiger partial charge in [0, 0.05) is 0 Å². The van der Waals surface area contributed by atoms with E-state index in [1.54, 1.807) is 0 Å². The highest BCUT2D eigenvalue weighted by Gasteiger charge is 2.68. The molecule has 0 N–H and O–H groups in total. The number of hydrogen-bond donors (Lipinski definition) is 0. The van der Waals surface area contributed by atoms with Gasteiger partial charge in [-0.15, -0.1) is 0 Å². The topological polar surface area (TPSA) is 35.5 Å². The second-order valence-electron chi connectivity index (χ2n) is 14.0. The first-order chi connectivity index (χ1) is 14.1. The maximum absolute atomic E-state index is 13.5. The summed E-state index contributed by atoms with van der Waals surface area (Å²) in [5.41, 5.74) is 0.746. The molecule has 3 heteroatoms. The molecule has 176 valence electrons. The van der Waals surface area contributed by atoms with Crippen LogP contribution in [-0.4, -0.2) is 22.8 Å². The molecule has 1 unspecified atom stereocenters. The van der Waals surface area contributed by atoms with Gasteiger partial charge in [-0.3, -0.25) is 4.79 Å². The van der Waals surface area contributed by atoms with E-state index >= 15 is 0 Å². The zero-order valence-corrected chi connectivity index (χ0v) is 21.5. The minimum absolute atomic E-state index is 0.0314. The fourth-order valence-corrected chi connectivity index (χ4v) is 8.71. The molecule has 0 aromatic heterocycles. The van der Waals surface area contributed by atoms with Crippen LogP contribution in [0, 0.1) is 28.1 Å². The first kappa shape index (κ1) is 23.3. The summed E-state index contributed by atoms with van der Waals surface area (Å²) in [7, 11) is 0. The highest BCUT2D eigenvalue weighted by molar-refractivity contribution is 5.77. The molecule has 4 fully saturated rings. The number of carbonyl (C=O) groups is 1. The molecule has 0 aromatic rings. The lowest BCUT2D eigenvalue weighted by atomic mass is 9.41. The lowest BCUT2D eigenvalue weighted by molar-refractivity contribution is -0.206. The van der Waals surface area contributed by atoms with E-state index in [9.17, 15) is 4.79 Å². The zero-order chi connectivity index (χ0) is 23.1. The van der Waals surface area contributed by atoms with Crippen LogP contribution in [0.25, 0.3) is 0 Å². The van der Waals surface area contributed by atoms with Crippen molar-refractivity contribution in [1.82, 2.24) is 0 Å². The van der Waals surface area contributed by atoms with Gasteiger partial charge in [0.1, 0.15) is 5.60 Å². The largest absolute Gasteiger partial charge is 0.460 e. The standard InChI is InChI=1S/C28H46O3/c1-19-17-27-15-11-20-25(8,13-10-14-26(20,9)22(29)30-23(2,3)4)21(27)12-16-28(19,18-27)31-24(5,6)7/h20-21H,1,10-18H2,2-9H3/t20-,21-,25+,26+,27+,28?/m0/s1. The SMILES string of the molecule is C=C1C[C@@]23CC[C@H]4[C@@](C)(CCC[C@@]4(C)C(=O)OC(C)(C)C)[C@@H]2CCC1(OC(C)(C)C)C3. The van der Waals surface area contributed by atoms with Gasteiger partial charge in [-0.25, -0.2) is 0 Å². The molecular formula is C28H46O3. The predicted molar refractivity (Wildman–Crippen MR) is 126 cm³/mol. The molecule has 6 atom stereocenters. The van der Waals surface area contributed by atoms with E-state index in [0.717, 1.165) is 38.5 Å². The maximum atomic E-state index is 13.5. The third-order valence-electron chi connectivity index (χ3n) is 9.49. The lowest BCUT2D eigenvalue weighted by Crippen LogP contribution is -2.60. The van der Waals surface area contributed by atoms with Gasteiger partial charge in [-0.05, 0) is 128 Å². The Morgan fingerprint density at radius 2 is 1.58 bits per heavy atom. The zero-order valence-electron chi connectivity index (χ0n) is 21.5. The predicted octanol–water partition coefficient (Wildman–Crippen LogP) is 7.23. The van der Waals surface area contributed by atoms with Crippen LogP contribution in [-0.2, 0) is 14.3 Å². The average Bonchev–Trinajstić information content (AvgIpc) is 2.76. The molecule has 31 heavy (non-hydrogen) atoms. The number of fused-ring (bicyclic) bond motifs is 3. The van der Waals surface area contributed by atoms with Crippen LogP contribution >= 0.6 is 0 Å². The Balaban J connectivity index is 1.65. The lowest BCUT2D eigenvalue weighted by Gasteiger charge is -2.64. The van der Waals surface area contributed by atoms with Gasteiger partial charge in [0.05, 0.1) is 16.6 Å². The molecule has 0 aliphatic heterocycles. The number of carbonyl (C=O) groups excluding carboxylic acids is 1. The fourth-order valence-electron chi connectivity index (χ4n) is 8.71. The summed E-state index contributed by atoms with van der Waals surface area (Å²) in [6.07, 6.45) is 10.2. The number of esters is 1. The third-order valence-corrected chi connectivity index (χ3v) is 9.49. The van der Waals surface area contributed by atoms with Gasteiger partial charge in [0.25, 0.3) is 0 Å². The Labute approximate surface area is 190 Å². The van der Waals surface area contributed by atoms with Crippen LogP contribution in [0.5, 0.6) is 0 Å². The van der Waals surface area contributed by atoms with Gasteiger partial charge in [-0.1, -0.05) is 19.9 Å². The van der Waals surface area contributed by atoms with Gasteiger partial charge in [-0.2, -0.15) is 0 Å². The van der Waals surface area contributed by atoms with E-state index in [1.165, 1.54) is 24.8 Å². The summed E-state index contributed by atoms with van der Waals surface area (Å²) < 4.78 is 12.7. The Bertz CT molecular complexity index is 770. The van der Waals surface area contributed by atoms with Crippen LogP contribution < -0.4 is 0 Å². The third kappa shape index (κ3) is 3.62. The molecule has 0 amide bonds. The van der Waals surface area contributed by atoms with Crippen LogP contribution in [0.15, 0.2) is 12.2 Å². The van der Waals surface area contributed by atoms with Crippen molar-refractivity contribution in [3.8, 4) is 0 Å². The van der Waals surface area contributed by atoms with Gasteiger partial charge < -0.3 is 9.47 Å². The normalized spacial score (nSPS) is 45.1. The summed E-state index contributed by atoms with van der Waals surface area (Å²) in [6.45, 7) is 21.8. The number of rotatable bonds is 2. The van der Waals surface area contributed by atoms with Crippen molar-refractivity contribution in [1.29, 1.82) is 0 Å². The quantitative estimate of drug-likeness (QED) is 0.342. The van der Waals surface area contributed by atoms with Crippen molar-refractivity contribution in [2.24, 2.45) is 28.1 Å². The van der Waals surface area contributed by atoms with Crippen molar-refractivity contribution < 1.29 is 14.3 Å². The average molecular weight is 431 g/mol. The van der Waals surface area contributed by atoms with Crippen LogP contribution in [0.1, 0.15) is 113 Å². The van der Waals surface area contributed by atoms with Crippen molar-refractivity contribution in [3.05, 3.63) is 12.2 Å². The smallest absolute Gasteiger partial charge is 0.312 e. The van der Waals surface area contributed by atoms with Gasteiger partial charge in [0.15, 0.2) is 0 Å². The van der Waals surface area contributed by atoms with Gasteiger partial charge >= 0.3 is 5.97 Å². The first-order valence-corrected chi connectivity index (χ1v) is 12.7. The molecule has 1 spiro atoms. The Morgan fingerprint density at radius 1 is 0.935 bits per heavy atom. The highest BCUT2D eigenvalue weighted by Crippen LogP contribution is 2.73. The molecule has 0 radical (unpaired) electrons. The molecule has 0 heterocycles. The first-order valence-electron chi connectivity index (χ1n) is 12.7. The van der Waals surface area contributed by atoms with Gasteiger partial charge in [0.2, 0.25) is 0 Å². The second kappa shape index (κ2) is 6.84. The van der Waals surface area contributed by atoms with E-state index in [1.807, 2.05) is 20.8 Å². The van der Waals surface area contributed by atoms with E-state index in [-0.39, 0.29) is 28.0 Å². The molecule has 0 saturated heterocycles. The summed E-state index contributed by atoms with van der Waals surface area (Å²) in [5.74, 6) is 1.09. The monoisotopic (exact) mass is 430 g/mol. The number of ether oxygens (including phenoxy) is 2. The maximum Gasteiger partial charge on any atom is 0.312 e. The van der Waals surface area contributed by atoms with Crippen LogP contribution in [0.4, 0.5) is 0 Å². The summed E-state index contributed by atoms with van der Waals surface area (Å²) in [6, 6.07) is 0. The van der Waals surface area contributed by atoms with Crippen LogP contribution in [0.2, 0.25) is 0 Å². The molecule has 4 saturated carbocycles. The number of hydrogen-bond acceptors (Lipinski definition) is 3.